The van der Waals surface area contributed by atoms with E-state index in [1.807, 2.05) is 0 Å². The standard InChI is InChI=1S/C10H15NO/c1-2-7-3-9-4-8(7)5-10(9)6-11-12/h2,6,8-10,12H,3-5H2,1H3. The molecule has 2 nitrogen and oxygen atoms in total. The van der Waals surface area contributed by atoms with E-state index in [0.717, 1.165) is 11.8 Å². The summed E-state index contributed by atoms with van der Waals surface area (Å²) in [6, 6.07) is 0. The van der Waals surface area contributed by atoms with Crippen LogP contribution in [-0.4, -0.2) is 11.4 Å². The fourth-order valence-corrected chi connectivity index (χ4v) is 2.79. The molecule has 2 bridgehead atoms. The fourth-order valence-electron chi connectivity index (χ4n) is 2.79. The van der Waals surface area contributed by atoms with Crippen LogP contribution in [0, 0.1) is 17.8 Å². The molecule has 0 heterocycles. The number of hydrogen-bond donors (Lipinski definition) is 1. The molecule has 2 aliphatic carbocycles. The first-order valence-corrected chi connectivity index (χ1v) is 4.67. The quantitative estimate of drug-likeness (QED) is 0.275. The van der Waals surface area contributed by atoms with Gasteiger partial charge in [0.25, 0.3) is 0 Å². The molecule has 3 atom stereocenters. The maximum Gasteiger partial charge on any atom is 0.0469 e. The summed E-state index contributed by atoms with van der Waals surface area (Å²) in [5, 5.41) is 11.6. The van der Waals surface area contributed by atoms with Crippen molar-refractivity contribution in [2.45, 2.75) is 26.2 Å². The average molecular weight is 165 g/mol. The second-order valence-electron chi connectivity index (χ2n) is 3.92. The average Bonchev–Trinajstić information content (AvgIpc) is 2.62. The van der Waals surface area contributed by atoms with Crippen molar-refractivity contribution in [2.24, 2.45) is 22.9 Å². The summed E-state index contributed by atoms with van der Waals surface area (Å²) in [4.78, 5) is 0. The van der Waals surface area contributed by atoms with E-state index in [9.17, 15) is 0 Å². The van der Waals surface area contributed by atoms with E-state index in [-0.39, 0.29) is 0 Å². The van der Waals surface area contributed by atoms with Crippen LogP contribution in [0.4, 0.5) is 0 Å². The molecule has 0 radical (unpaired) electrons. The molecule has 0 spiro atoms. The van der Waals surface area contributed by atoms with Crippen molar-refractivity contribution < 1.29 is 5.21 Å². The minimum atomic E-state index is 0.545. The third-order valence-corrected chi connectivity index (χ3v) is 3.40. The lowest BCUT2D eigenvalue weighted by molar-refractivity contribution is 0.314. The molecule has 0 amide bonds. The summed E-state index contributed by atoms with van der Waals surface area (Å²) >= 11 is 0. The number of fused-ring (bicyclic) bond motifs is 2. The maximum atomic E-state index is 8.43. The van der Waals surface area contributed by atoms with Crippen molar-refractivity contribution in [3.63, 3.8) is 0 Å². The Labute approximate surface area is 73.0 Å². The zero-order valence-corrected chi connectivity index (χ0v) is 7.40. The van der Waals surface area contributed by atoms with Gasteiger partial charge in [-0.3, -0.25) is 0 Å². The van der Waals surface area contributed by atoms with Gasteiger partial charge in [-0.15, -0.1) is 5.16 Å². The molecular formula is C10H15NO. The lowest BCUT2D eigenvalue weighted by Crippen LogP contribution is -2.12. The van der Waals surface area contributed by atoms with E-state index in [2.05, 4.69) is 18.2 Å². The summed E-state index contributed by atoms with van der Waals surface area (Å²) < 4.78 is 0. The van der Waals surface area contributed by atoms with Gasteiger partial charge in [-0.05, 0) is 38.0 Å². The smallest absolute Gasteiger partial charge is 0.0469 e. The van der Waals surface area contributed by atoms with Gasteiger partial charge in [0, 0.05) is 12.1 Å². The van der Waals surface area contributed by atoms with Gasteiger partial charge in [0.1, 0.15) is 0 Å². The zero-order chi connectivity index (χ0) is 8.55. The van der Waals surface area contributed by atoms with Gasteiger partial charge in [-0.1, -0.05) is 11.6 Å². The largest absolute Gasteiger partial charge is 0.411 e. The van der Waals surface area contributed by atoms with Crippen LogP contribution in [0.1, 0.15) is 26.2 Å². The summed E-state index contributed by atoms with van der Waals surface area (Å²) in [5.74, 6) is 2.10. The number of hydrogen-bond acceptors (Lipinski definition) is 2. The molecule has 2 aliphatic rings. The van der Waals surface area contributed by atoms with E-state index in [1.165, 1.54) is 19.3 Å². The lowest BCUT2D eigenvalue weighted by Gasteiger charge is -2.18. The molecule has 0 aromatic heterocycles. The van der Waals surface area contributed by atoms with Crippen molar-refractivity contribution in [3.8, 4) is 0 Å². The molecular weight excluding hydrogens is 150 g/mol. The highest BCUT2D eigenvalue weighted by atomic mass is 16.4. The van der Waals surface area contributed by atoms with Crippen molar-refractivity contribution >= 4 is 6.21 Å². The first kappa shape index (κ1) is 7.84. The van der Waals surface area contributed by atoms with E-state index in [1.54, 1.807) is 11.8 Å². The van der Waals surface area contributed by atoms with Crippen LogP contribution in [0.3, 0.4) is 0 Å². The predicted octanol–water partition coefficient (Wildman–Crippen LogP) is 2.44. The molecule has 66 valence electrons. The van der Waals surface area contributed by atoms with Crippen LogP contribution in [0.15, 0.2) is 16.8 Å². The van der Waals surface area contributed by atoms with Crippen LogP contribution in [0.25, 0.3) is 0 Å². The van der Waals surface area contributed by atoms with Gasteiger partial charge >= 0.3 is 0 Å². The van der Waals surface area contributed by atoms with Crippen LogP contribution in [0.5, 0.6) is 0 Å². The van der Waals surface area contributed by atoms with Gasteiger partial charge in [0.2, 0.25) is 0 Å². The molecule has 12 heavy (non-hydrogen) atoms. The lowest BCUT2D eigenvalue weighted by atomic mass is 9.86. The highest BCUT2D eigenvalue weighted by molar-refractivity contribution is 5.62. The van der Waals surface area contributed by atoms with E-state index in [4.69, 9.17) is 5.21 Å². The van der Waals surface area contributed by atoms with Crippen molar-refractivity contribution in [2.75, 3.05) is 0 Å². The molecule has 0 aliphatic heterocycles. The molecule has 2 saturated carbocycles. The van der Waals surface area contributed by atoms with Crippen LogP contribution in [-0.2, 0) is 0 Å². The summed E-state index contributed by atoms with van der Waals surface area (Å²) in [6.07, 6.45) is 7.73. The number of rotatable bonds is 1. The highest BCUT2D eigenvalue weighted by Crippen LogP contribution is 2.50. The Hall–Kier alpha value is -0.790. The van der Waals surface area contributed by atoms with E-state index < -0.39 is 0 Å². The number of oxime groups is 1. The molecule has 3 unspecified atom stereocenters. The Bertz CT molecular complexity index is 232. The van der Waals surface area contributed by atoms with Gasteiger partial charge in [0.15, 0.2) is 0 Å². The number of allylic oxidation sites excluding steroid dienone is 2. The van der Waals surface area contributed by atoms with Gasteiger partial charge in [-0.2, -0.15) is 0 Å². The van der Waals surface area contributed by atoms with Crippen LogP contribution in [0.2, 0.25) is 0 Å². The van der Waals surface area contributed by atoms with E-state index in [0.29, 0.717) is 5.92 Å². The van der Waals surface area contributed by atoms with Gasteiger partial charge < -0.3 is 5.21 Å². The van der Waals surface area contributed by atoms with Crippen molar-refractivity contribution in [1.82, 2.24) is 0 Å². The minimum Gasteiger partial charge on any atom is -0.411 e. The first-order valence-electron chi connectivity index (χ1n) is 4.67. The second kappa shape index (κ2) is 2.92. The molecule has 0 aromatic rings. The monoisotopic (exact) mass is 165 g/mol. The summed E-state index contributed by atoms with van der Waals surface area (Å²) in [5.41, 5.74) is 1.63. The zero-order valence-electron chi connectivity index (χ0n) is 7.40. The molecule has 1 N–H and O–H groups in total. The predicted molar refractivity (Wildman–Crippen MR) is 48.4 cm³/mol. The Kier molecular flexibility index (Phi) is 1.91. The van der Waals surface area contributed by atoms with Crippen molar-refractivity contribution in [3.05, 3.63) is 11.6 Å². The molecule has 2 rings (SSSR count). The Morgan fingerprint density at radius 1 is 1.50 bits per heavy atom. The Morgan fingerprint density at radius 2 is 2.33 bits per heavy atom. The summed E-state index contributed by atoms with van der Waals surface area (Å²) in [7, 11) is 0. The third-order valence-electron chi connectivity index (χ3n) is 3.40. The molecule has 0 aromatic carbocycles. The first-order chi connectivity index (χ1) is 5.85. The number of nitrogens with zero attached hydrogens (tertiary/aromatic N) is 1. The maximum absolute atomic E-state index is 8.43. The Morgan fingerprint density at radius 3 is 2.83 bits per heavy atom. The normalized spacial score (nSPS) is 43.4. The second-order valence-corrected chi connectivity index (χ2v) is 3.92. The third kappa shape index (κ3) is 1.06. The van der Waals surface area contributed by atoms with Crippen molar-refractivity contribution in [1.29, 1.82) is 0 Å². The molecule has 2 heteroatoms. The molecule has 0 saturated heterocycles. The summed E-state index contributed by atoms with van der Waals surface area (Å²) in [6.45, 7) is 2.13. The van der Waals surface area contributed by atoms with Crippen LogP contribution < -0.4 is 0 Å². The fraction of sp³-hybridized carbons (Fsp3) is 0.700. The SMILES string of the molecule is CC=C1CC2CC1CC2C=NO. The molecule has 2 fully saturated rings. The highest BCUT2D eigenvalue weighted by Gasteiger charge is 2.41. The minimum absolute atomic E-state index is 0.545. The van der Waals surface area contributed by atoms with E-state index >= 15 is 0 Å². The van der Waals surface area contributed by atoms with Gasteiger partial charge in [0.05, 0.1) is 0 Å². The topological polar surface area (TPSA) is 32.6 Å². The van der Waals surface area contributed by atoms with Gasteiger partial charge in [-0.25, -0.2) is 0 Å². The Balaban J connectivity index is 2.07. The van der Waals surface area contributed by atoms with Crippen LogP contribution >= 0.6 is 0 Å².